The Hall–Kier alpha value is -2.91. The van der Waals surface area contributed by atoms with Gasteiger partial charge in [-0.05, 0) is 60.2 Å². The molecule has 5 rings (SSSR count). The van der Waals surface area contributed by atoms with Gasteiger partial charge in [0.1, 0.15) is 30.1 Å². The molecular formula is C28H27BrN2O4S. The molecule has 1 aliphatic heterocycles. The molecule has 0 radical (unpaired) electrons. The molecule has 0 atom stereocenters. The number of hydrogen-bond donors (Lipinski definition) is 1. The quantitative estimate of drug-likeness (QED) is 0.250. The fraction of sp³-hybridized carbons (Fsp3) is 0.250. The number of hydrogen-bond acceptors (Lipinski definition) is 7. The molecular weight excluding hydrogens is 540 g/mol. The van der Waals surface area contributed by atoms with E-state index in [0.29, 0.717) is 13.2 Å². The normalized spacial score (nSPS) is 14.7. The summed E-state index contributed by atoms with van der Waals surface area (Å²) in [5.41, 5.74) is 1.06. The lowest BCUT2D eigenvalue weighted by atomic mass is 10.1. The molecule has 1 saturated heterocycles. The molecule has 8 heteroatoms. The smallest absolute Gasteiger partial charge is 0.153 e. The van der Waals surface area contributed by atoms with Crippen molar-refractivity contribution in [2.24, 2.45) is 0 Å². The van der Waals surface area contributed by atoms with Crippen LogP contribution in [0.1, 0.15) is 0 Å². The molecule has 36 heavy (non-hydrogen) atoms. The van der Waals surface area contributed by atoms with E-state index >= 15 is 0 Å². The van der Waals surface area contributed by atoms with Crippen LogP contribution in [-0.2, 0) is 4.79 Å². The van der Waals surface area contributed by atoms with Crippen molar-refractivity contribution in [2.75, 3.05) is 45.9 Å². The second kappa shape index (κ2) is 11.4. The maximum atomic E-state index is 10.7. The number of phenolic OH excluding ortho intramolecular Hbond substituents is 1. The van der Waals surface area contributed by atoms with Crippen LogP contribution in [0.2, 0.25) is 0 Å². The van der Waals surface area contributed by atoms with Gasteiger partial charge in [-0.25, -0.2) is 0 Å². The van der Waals surface area contributed by atoms with Gasteiger partial charge in [-0.15, -0.1) is 11.3 Å². The van der Waals surface area contributed by atoms with Gasteiger partial charge >= 0.3 is 0 Å². The van der Waals surface area contributed by atoms with Crippen molar-refractivity contribution in [3.63, 3.8) is 0 Å². The summed E-state index contributed by atoms with van der Waals surface area (Å²) >= 11 is 5.10. The summed E-state index contributed by atoms with van der Waals surface area (Å²) in [6.45, 7) is 5.74. The first-order chi connectivity index (χ1) is 17.6. The predicted molar refractivity (Wildman–Crippen MR) is 148 cm³/mol. The second-order valence-electron chi connectivity index (χ2n) is 8.68. The molecule has 6 nitrogen and oxygen atoms in total. The van der Waals surface area contributed by atoms with Crippen molar-refractivity contribution in [3.05, 3.63) is 71.2 Å². The van der Waals surface area contributed by atoms with E-state index in [1.165, 1.54) is 0 Å². The molecule has 186 valence electrons. The SMILES string of the molecule is O=CCN1CCN(CCOc2ccc(Oc3c(-c4ccc(Br)cc4)sc4cc(O)ccc34)cc2)CC1. The summed E-state index contributed by atoms with van der Waals surface area (Å²) in [4.78, 5) is 16.2. The van der Waals surface area contributed by atoms with Crippen molar-refractivity contribution >= 4 is 43.6 Å². The standard InChI is InChI=1S/C28H27BrN2O4S/c29-21-3-1-20(2-4-21)28-27(25-10-5-22(33)19-26(25)36-28)35-24-8-6-23(7-9-24)34-18-16-31-13-11-30(12-14-31)15-17-32/h1-10,17,19,33H,11-16,18H2. The summed E-state index contributed by atoms with van der Waals surface area (Å²) in [5.74, 6) is 2.54. The second-order valence-corrected chi connectivity index (χ2v) is 10.6. The van der Waals surface area contributed by atoms with Gasteiger partial charge in [0.05, 0.1) is 11.4 Å². The summed E-state index contributed by atoms with van der Waals surface area (Å²) in [6.07, 6.45) is 0.972. The van der Waals surface area contributed by atoms with E-state index < -0.39 is 0 Å². The van der Waals surface area contributed by atoms with Gasteiger partial charge in [0.15, 0.2) is 5.75 Å². The van der Waals surface area contributed by atoms with E-state index in [-0.39, 0.29) is 5.75 Å². The number of rotatable bonds is 9. The van der Waals surface area contributed by atoms with Gasteiger partial charge in [-0.2, -0.15) is 0 Å². The van der Waals surface area contributed by atoms with E-state index in [9.17, 15) is 9.90 Å². The first kappa shape index (κ1) is 24.8. The number of aldehydes is 1. The van der Waals surface area contributed by atoms with Crippen LogP contribution in [-0.4, -0.2) is 67.1 Å². The number of aromatic hydroxyl groups is 1. The monoisotopic (exact) mass is 566 g/mol. The van der Waals surface area contributed by atoms with Crippen LogP contribution in [0.25, 0.3) is 20.5 Å². The fourth-order valence-corrected chi connectivity index (χ4v) is 5.70. The third-order valence-corrected chi connectivity index (χ3v) is 7.96. The predicted octanol–water partition coefficient (Wildman–Crippen LogP) is 6.02. The first-order valence-electron chi connectivity index (χ1n) is 11.9. The third kappa shape index (κ3) is 5.90. The van der Waals surface area contributed by atoms with Crippen LogP contribution in [0.5, 0.6) is 23.0 Å². The Kier molecular flexibility index (Phi) is 7.87. The van der Waals surface area contributed by atoms with Gasteiger partial charge in [0.2, 0.25) is 0 Å². The van der Waals surface area contributed by atoms with E-state index in [4.69, 9.17) is 9.47 Å². The number of ether oxygens (including phenoxy) is 2. The Balaban J connectivity index is 1.25. The fourth-order valence-electron chi connectivity index (χ4n) is 4.27. The molecule has 0 amide bonds. The molecule has 1 fully saturated rings. The maximum Gasteiger partial charge on any atom is 0.153 e. The van der Waals surface area contributed by atoms with Crippen LogP contribution in [0.4, 0.5) is 0 Å². The Labute approximate surface area is 222 Å². The highest BCUT2D eigenvalue weighted by atomic mass is 79.9. The Morgan fingerprint density at radius 2 is 1.61 bits per heavy atom. The number of benzene rings is 3. The Bertz CT molecular complexity index is 1320. The number of thiophene rings is 1. The van der Waals surface area contributed by atoms with Gasteiger partial charge in [0.25, 0.3) is 0 Å². The van der Waals surface area contributed by atoms with Crippen LogP contribution in [0, 0.1) is 0 Å². The van der Waals surface area contributed by atoms with Crippen molar-refractivity contribution in [3.8, 4) is 33.4 Å². The number of piperazine rings is 1. The van der Waals surface area contributed by atoms with Crippen molar-refractivity contribution in [1.82, 2.24) is 9.80 Å². The minimum absolute atomic E-state index is 0.238. The molecule has 0 saturated carbocycles. The van der Waals surface area contributed by atoms with E-state index in [1.807, 2.05) is 42.5 Å². The van der Waals surface area contributed by atoms with Crippen molar-refractivity contribution in [1.29, 1.82) is 0 Å². The molecule has 1 N–H and O–H groups in total. The van der Waals surface area contributed by atoms with Crippen LogP contribution < -0.4 is 9.47 Å². The first-order valence-corrected chi connectivity index (χ1v) is 13.5. The highest BCUT2D eigenvalue weighted by molar-refractivity contribution is 9.10. The number of carbonyl (C=O) groups is 1. The largest absolute Gasteiger partial charge is 0.508 e. The molecule has 0 aliphatic carbocycles. The van der Waals surface area contributed by atoms with Crippen LogP contribution >= 0.6 is 27.3 Å². The lowest BCUT2D eigenvalue weighted by Gasteiger charge is -2.33. The lowest BCUT2D eigenvalue weighted by molar-refractivity contribution is -0.109. The molecule has 0 spiro atoms. The molecule has 1 aliphatic rings. The molecule has 4 aromatic rings. The van der Waals surface area contributed by atoms with Gasteiger partial charge in [-0.1, -0.05) is 28.1 Å². The third-order valence-electron chi connectivity index (χ3n) is 6.25. The summed E-state index contributed by atoms with van der Waals surface area (Å²) in [5, 5.41) is 10.9. The van der Waals surface area contributed by atoms with Gasteiger partial charge < -0.3 is 19.4 Å². The summed E-state index contributed by atoms with van der Waals surface area (Å²) < 4.78 is 14.3. The molecule has 1 aromatic heterocycles. The zero-order valence-corrected chi connectivity index (χ0v) is 22.1. The number of fused-ring (bicyclic) bond motifs is 1. The highest BCUT2D eigenvalue weighted by Crippen LogP contribution is 2.47. The number of halogens is 1. The average molecular weight is 568 g/mol. The van der Waals surface area contributed by atoms with Gasteiger partial charge in [0, 0.05) is 47.3 Å². The average Bonchev–Trinajstić information content (AvgIpc) is 3.24. The number of nitrogens with zero attached hydrogens (tertiary/aromatic N) is 2. The number of carbonyl (C=O) groups excluding carboxylic acids is 1. The van der Waals surface area contributed by atoms with Crippen molar-refractivity contribution < 1.29 is 19.4 Å². The summed E-state index contributed by atoms with van der Waals surface area (Å²) in [7, 11) is 0. The zero-order chi connectivity index (χ0) is 24.9. The minimum atomic E-state index is 0.238. The molecule has 2 heterocycles. The maximum absolute atomic E-state index is 10.7. The Morgan fingerprint density at radius 3 is 2.33 bits per heavy atom. The molecule has 0 unspecified atom stereocenters. The van der Waals surface area contributed by atoms with Crippen LogP contribution in [0.3, 0.4) is 0 Å². The zero-order valence-electron chi connectivity index (χ0n) is 19.7. The van der Waals surface area contributed by atoms with E-state index in [1.54, 1.807) is 23.5 Å². The van der Waals surface area contributed by atoms with Crippen LogP contribution in [0.15, 0.2) is 71.2 Å². The highest BCUT2D eigenvalue weighted by Gasteiger charge is 2.18. The Morgan fingerprint density at radius 1 is 0.917 bits per heavy atom. The number of phenols is 1. The molecule has 3 aromatic carbocycles. The summed E-state index contributed by atoms with van der Waals surface area (Å²) in [6, 6.07) is 21.2. The minimum Gasteiger partial charge on any atom is -0.508 e. The van der Waals surface area contributed by atoms with E-state index in [0.717, 1.165) is 81.3 Å². The lowest BCUT2D eigenvalue weighted by Crippen LogP contribution is -2.47. The topological polar surface area (TPSA) is 62.2 Å². The van der Waals surface area contributed by atoms with E-state index in [2.05, 4.69) is 37.9 Å². The van der Waals surface area contributed by atoms with Crippen molar-refractivity contribution in [2.45, 2.75) is 0 Å². The molecule has 0 bridgehead atoms. The van der Waals surface area contributed by atoms with Gasteiger partial charge in [-0.3, -0.25) is 9.80 Å².